The van der Waals surface area contributed by atoms with E-state index in [9.17, 15) is 19.7 Å². The van der Waals surface area contributed by atoms with E-state index in [0.29, 0.717) is 11.3 Å². The highest BCUT2D eigenvalue weighted by Gasteiger charge is 2.20. The summed E-state index contributed by atoms with van der Waals surface area (Å²) in [5.74, 6) is -0.491. The van der Waals surface area contributed by atoms with Crippen LogP contribution in [-0.2, 0) is 14.3 Å². The van der Waals surface area contributed by atoms with Crippen LogP contribution in [0.3, 0.4) is 0 Å². The van der Waals surface area contributed by atoms with E-state index in [0.717, 1.165) is 5.56 Å². The zero-order valence-electron chi connectivity index (χ0n) is 14.8. The predicted octanol–water partition coefficient (Wildman–Crippen LogP) is 2.56. The first-order chi connectivity index (χ1) is 13.5. The van der Waals surface area contributed by atoms with Crippen LogP contribution >= 0.6 is 0 Å². The summed E-state index contributed by atoms with van der Waals surface area (Å²) in [6.07, 6.45) is 1.65. The van der Waals surface area contributed by atoms with Gasteiger partial charge in [-0.25, -0.2) is 4.79 Å². The van der Waals surface area contributed by atoms with Gasteiger partial charge in [0.05, 0.1) is 29.4 Å². The minimum atomic E-state index is -0.666. The number of para-hydroxylation sites is 1. The Morgan fingerprint density at radius 2 is 2.04 bits per heavy atom. The van der Waals surface area contributed by atoms with E-state index < -0.39 is 23.4 Å². The molecular weight excluding hydrogens is 368 g/mol. The van der Waals surface area contributed by atoms with E-state index in [1.54, 1.807) is 18.2 Å². The number of amides is 1. The molecule has 2 aromatic rings. The number of hydrogen-bond donors (Lipinski definition) is 1. The number of non-ortho nitro benzene ring substituents is 1. The molecule has 28 heavy (non-hydrogen) atoms. The summed E-state index contributed by atoms with van der Waals surface area (Å²) < 4.78 is 15.5. The van der Waals surface area contributed by atoms with Crippen LogP contribution in [0.2, 0.25) is 0 Å². The van der Waals surface area contributed by atoms with Gasteiger partial charge in [0.1, 0.15) is 18.1 Å². The Morgan fingerprint density at radius 3 is 2.79 bits per heavy atom. The lowest BCUT2D eigenvalue weighted by molar-refractivity contribution is -0.384. The second kappa shape index (κ2) is 8.21. The minimum Gasteiger partial charge on any atom is -0.494 e. The molecule has 144 valence electrons. The molecular formula is C19H16N2O7. The highest BCUT2D eigenvalue weighted by Crippen LogP contribution is 2.29. The maximum atomic E-state index is 12.2. The summed E-state index contributed by atoms with van der Waals surface area (Å²) in [4.78, 5) is 34.4. The number of anilines is 1. The molecule has 0 aromatic heterocycles. The summed E-state index contributed by atoms with van der Waals surface area (Å²) in [5, 5.41) is 13.3. The predicted molar refractivity (Wildman–Crippen MR) is 99.2 cm³/mol. The van der Waals surface area contributed by atoms with Crippen molar-refractivity contribution in [3.63, 3.8) is 0 Å². The molecule has 1 aliphatic heterocycles. The fourth-order valence-corrected chi connectivity index (χ4v) is 2.54. The van der Waals surface area contributed by atoms with Crippen molar-refractivity contribution in [1.29, 1.82) is 0 Å². The first-order valence-electron chi connectivity index (χ1n) is 8.19. The van der Waals surface area contributed by atoms with E-state index in [4.69, 9.17) is 14.2 Å². The van der Waals surface area contributed by atoms with Crippen LogP contribution < -0.4 is 14.8 Å². The first-order valence-corrected chi connectivity index (χ1v) is 8.19. The Balaban J connectivity index is 1.60. The quantitative estimate of drug-likeness (QED) is 0.462. The number of nitrogens with one attached hydrogen (secondary N) is 1. The maximum absolute atomic E-state index is 12.2. The van der Waals surface area contributed by atoms with E-state index in [-0.39, 0.29) is 23.7 Å². The van der Waals surface area contributed by atoms with Crippen molar-refractivity contribution < 1.29 is 28.7 Å². The van der Waals surface area contributed by atoms with Gasteiger partial charge in [-0.3, -0.25) is 14.9 Å². The number of carbonyl (C=O) groups is 2. The average molecular weight is 384 g/mol. The Morgan fingerprint density at radius 1 is 1.25 bits per heavy atom. The standard InChI is InChI=1S/C19H16N2O7/c1-26-17-9-14(21(24)25)6-7-15(17)20-18(22)11-28-19(23)13-8-12-4-2-3-5-16(12)27-10-13/h2-9H,10-11H2,1H3,(H,20,22). The smallest absolute Gasteiger partial charge is 0.338 e. The van der Waals surface area contributed by atoms with Gasteiger partial charge < -0.3 is 19.5 Å². The van der Waals surface area contributed by atoms with Gasteiger partial charge in [0, 0.05) is 11.6 Å². The third-order valence-corrected chi connectivity index (χ3v) is 3.90. The zero-order valence-corrected chi connectivity index (χ0v) is 14.8. The fourth-order valence-electron chi connectivity index (χ4n) is 2.54. The van der Waals surface area contributed by atoms with Crippen LogP contribution in [-0.4, -0.2) is 37.1 Å². The maximum Gasteiger partial charge on any atom is 0.338 e. The number of nitro groups is 1. The normalized spacial score (nSPS) is 12.1. The van der Waals surface area contributed by atoms with Crippen LogP contribution in [0.5, 0.6) is 11.5 Å². The van der Waals surface area contributed by atoms with Crippen molar-refractivity contribution in [2.75, 3.05) is 25.6 Å². The lowest BCUT2D eigenvalue weighted by atomic mass is 10.1. The number of nitrogens with zero attached hydrogens (tertiary/aromatic N) is 1. The zero-order chi connectivity index (χ0) is 20.1. The highest BCUT2D eigenvalue weighted by atomic mass is 16.6. The number of methoxy groups -OCH3 is 1. The van der Waals surface area contributed by atoms with Crippen LogP contribution in [0.25, 0.3) is 6.08 Å². The summed E-state index contributed by atoms with van der Waals surface area (Å²) in [7, 11) is 1.32. The van der Waals surface area contributed by atoms with Crippen LogP contribution in [0.15, 0.2) is 48.0 Å². The number of nitro benzene ring substituents is 1. The topological polar surface area (TPSA) is 117 Å². The number of carbonyl (C=O) groups excluding carboxylic acids is 2. The SMILES string of the molecule is COc1cc([N+](=O)[O-])ccc1NC(=O)COC(=O)C1=Cc2ccccc2OC1. The van der Waals surface area contributed by atoms with E-state index in [1.165, 1.54) is 25.3 Å². The number of hydrogen-bond acceptors (Lipinski definition) is 7. The van der Waals surface area contributed by atoms with E-state index >= 15 is 0 Å². The van der Waals surface area contributed by atoms with Crippen molar-refractivity contribution in [1.82, 2.24) is 0 Å². The summed E-state index contributed by atoms with van der Waals surface area (Å²) in [6.45, 7) is -0.481. The highest BCUT2D eigenvalue weighted by molar-refractivity contribution is 5.98. The Bertz CT molecular complexity index is 969. The lowest BCUT2D eigenvalue weighted by Crippen LogP contribution is -2.24. The molecule has 0 spiro atoms. The van der Waals surface area contributed by atoms with Gasteiger partial charge in [0.15, 0.2) is 6.61 Å². The van der Waals surface area contributed by atoms with Gasteiger partial charge >= 0.3 is 5.97 Å². The Kier molecular flexibility index (Phi) is 5.54. The molecule has 3 rings (SSSR count). The Labute approximate surface area is 159 Å². The molecule has 0 radical (unpaired) electrons. The molecule has 0 aliphatic carbocycles. The first kappa shape index (κ1) is 18.9. The van der Waals surface area contributed by atoms with Gasteiger partial charge in [-0.2, -0.15) is 0 Å². The molecule has 1 N–H and O–H groups in total. The molecule has 0 saturated carbocycles. The van der Waals surface area contributed by atoms with Gasteiger partial charge in [0.2, 0.25) is 0 Å². The van der Waals surface area contributed by atoms with Gasteiger partial charge in [-0.1, -0.05) is 18.2 Å². The Hall–Kier alpha value is -3.88. The molecule has 1 amide bonds. The number of ether oxygens (including phenoxy) is 3. The summed E-state index contributed by atoms with van der Waals surface area (Å²) >= 11 is 0. The van der Waals surface area contributed by atoms with Crippen LogP contribution in [0.4, 0.5) is 11.4 Å². The number of esters is 1. The molecule has 0 saturated heterocycles. The lowest BCUT2D eigenvalue weighted by Gasteiger charge is -2.17. The molecule has 9 nitrogen and oxygen atoms in total. The summed E-state index contributed by atoms with van der Waals surface area (Å²) in [5.41, 5.74) is 1.09. The molecule has 0 unspecified atom stereocenters. The second-order valence-corrected chi connectivity index (χ2v) is 5.76. The van der Waals surface area contributed by atoms with Gasteiger partial charge in [-0.05, 0) is 18.2 Å². The largest absolute Gasteiger partial charge is 0.494 e. The van der Waals surface area contributed by atoms with E-state index in [1.807, 2.05) is 12.1 Å². The molecule has 0 bridgehead atoms. The van der Waals surface area contributed by atoms with Gasteiger partial charge in [-0.15, -0.1) is 0 Å². The molecule has 2 aromatic carbocycles. The number of rotatable bonds is 6. The number of fused-ring (bicyclic) bond motifs is 1. The van der Waals surface area contributed by atoms with Gasteiger partial charge in [0.25, 0.3) is 11.6 Å². The monoisotopic (exact) mass is 384 g/mol. The van der Waals surface area contributed by atoms with Crippen molar-refractivity contribution in [3.05, 3.63) is 63.7 Å². The molecule has 1 aliphatic rings. The molecule has 9 heteroatoms. The van der Waals surface area contributed by atoms with E-state index in [2.05, 4.69) is 5.32 Å². The third-order valence-electron chi connectivity index (χ3n) is 3.90. The molecule has 1 heterocycles. The minimum absolute atomic E-state index is 0.0492. The van der Waals surface area contributed by atoms with Crippen LogP contribution in [0, 0.1) is 10.1 Å². The molecule has 0 fully saturated rings. The third kappa shape index (κ3) is 4.26. The summed E-state index contributed by atoms with van der Waals surface area (Å²) in [6, 6.07) is 11.0. The van der Waals surface area contributed by atoms with Crippen molar-refractivity contribution in [2.45, 2.75) is 0 Å². The number of benzene rings is 2. The average Bonchev–Trinajstić information content (AvgIpc) is 2.71. The van der Waals surface area contributed by atoms with Crippen LogP contribution in [0.1, 0.15) is 5.56 Å². The molecule has 0 atom stereocenters. The second-order valence-electron chi connectivity index (χ2n) is 5.76. The van der Waals surface area contributed by atoms with Crippen molar-refractivity contribution >= 4 is 29.3 Å². The fraction of sp³-hybridized carbons (Fsp3) is 0.158. The van der Waals surface area contributed by atoms with Crippen molar-refractivity contribution in [3.8, 4) is 11.5 Å². The van der Waals surface area contributed by atoms with Crippen molar-refractivity contribution in [2.24, 2.45) is 0 Å².